The Balaban J connectivity index is 1.78. The van der Waals surface area contributed by atoms with E-state index >= 15 is 0 Å². The number of hydrogen-bond acceptors (Lipinski definition) is 3. The first kappa shape index (κ1) is 17.5. The van der Waals surface area contributed by atoms with Gasteiger partial charge in [-0.25, -0.2) is 0 Å². The van der Waals surface area contributed by atoms with Gasteiger partial charge in [-0.2, -0.15) is 0 Å². The molecule has 0 saturated carbocycles. The average Bonchev–Trinajstić information content (AvgIpc) is 2.56. The SMILES string of the molecule is CN[C@@H](C)Oc1cccc(C[C@@H](C)NCCc2ccccc2)c1. The molecule has 0 aliphatic rings. The lowest BCUT2D eigenvalue weighted by atomic mass is 10.1. The third-order valence-electron chi connectivity index (χ3n) is 3.91. The molecule has 23 heavy (non-hydrogen) atoms. The van der Waals surface area contributed by atoms with E-state index in [9.17, 15) is 0 Å². The van der Waals surface area contributed by atoms with Gasteiger partial charge in [0.25, 0.3) is 0 Å². The van der Waals surface area contributed by atoms with Crippen molar-refractivity contribution in [3.8, 4) is 5.75 Å². The molecule has 2 N–H and O–H groups in total. The van der Waals surface area contributed by atoms with Crippen LogP contribution in [0.1, 0.15) is 25.0 Å². The van der Waals surface area contributed by atoms with Gasteiger partial charge in [-0.05, 0) is 63.5 Å². The Morgan fingerprint density at radius 3 is 2.43 bits per heavy atom. The highest BCUT2D eigenvalue weighted by molar-refractivity contribution is 5.29. The van der Waals surface area contributed by atoms with E-state index < -0.39 is 0 Å². The van der Waals surface area contributed by atoms with Crippen LogP contribution in [0.4, 0.5) is 0 Å². The molecule has 0 radical (unpaired) electrons. The fourth-order valence-electron chi connectivity index (χ4n) is 2.54. The van der Waals surface area contributed by atoms with Crippen LogP contribution in [0.3, 0.4) is 0 Å². The zero-order valence-corrected chi connectivity index (χ0v) is 14.4. The van der Waals surface area contributed by atoms with Crippen molar-refractivity contribution in [1.29, 1.82) is 0 Å². The molecule has 2 aromatic rings. The predicted molar refractivity (Wildman–Crippen MR) is 96.9 cm³/mol. The van der Waals surface area contributed by atoms with Crippen molar-refractivity contribution in [2.75, 3.05) is 13.6 Å². The standard InChI is InChI=1S/C20H28N2O/c1-16(22-13-12-18-8-5-4-6-9-18)14-19-10-7-11-20(15-19)23-17(2)21-3/h4-11,15-17,21-22H,12-14H2,1-3H3/t16-,17-/m1/s1. The third kappa shape index (κ3) is 6.43. The van der Waals surface area contributed by atoms with Crippen LogP contribution < -0.4 is 15.4 Å². The lowest BCUT2D eigenvalue weighted by molar-refractivity contribution is 0.193. The molecule has 124 valence electrons. The first-order chi connectivity index (χ1) is 11.2. The minimum Gasteiger partial charge on any atom is -0.476 e. The van der Waals surface area contributed by atoms with E-state index in [4.69, 9.17) is 4.74 Å². The van der Waals surface area contributed by atoms with Crippen molar-refractivity contribution in [1.82, 2.24) is 10.6 Å². The lowest BCUT2D eigenvalue weighted by Gasteiger charge is -2.16. The second-order valence-corrected chi connectivity index (χ2v) is 5.99. The summed E-state index contributed by atoms with van der Waals surface area (Å²) >= 11 is 0. The molecule has 0 aliphatic carbocycles. The van der Waals surface area contributed by atoms with Gasteiger partial charge >= 0.3 is 0 Å². The molecule has 0 unspecified atom stereocenters. The number of rotatable bonds is 9. The number of ether oxygens (including phenoxy) is 1. The summed E-state index contributed by atoms with van der Waals surface area (Å²) in [5.41, 5.74) is 2.68. The molecule has 2 aromatic carbocycles. The summed E-state index contributed by atoms with van der Waals surface area (Å²) < 4.78 is 5.79. The van der Waals surface area contributed by atoms with E-state index in [0.29, 0.717) is 6.04 Å². The van der Waals surface area contributed by atoms with Gasteiger partial charge in [0.15, 0.2) is 0 Å². The van der Waals surface area contributed by atoms with Crippen LogP contribution in [0.15, 0.2) is 54.6 Å². The van der Waals surface area contributed by atoms with Crippen molar-refractivity contribution < 1.29 is 4.74 Å². The van der Waals surface area contributed by atoms with E-state index in [-0.39, 0.29) is 6.23 Å². The Morgan fingerprint density at radius 2 is 1.70 bits per heavy atom. The molecule has 0 heterocycles. The lowest BCUT2D eigenvalue weighted by Crippen LogP contribution is -2.30. The van der Waals surface area contributed by atoms with Gasteiger partial charge in [0.2, 0.25) is 0 Å². The summed E-state index contributed by atoms with van der Waals surface area (Å²) in [6.07, 6.45) is 2.08. The molecule has 0 fully saturated rings. The topological polar surface area (TPSA) is 33.3 Å². The van der Waals surface area contributed by atoms with Gasteiger partial charge < -0.3 is 10.1 Å². The van der Waals surface area contributed by atoms with Crippen LogP contribution in [0.5, 0.6) is 5.75 Å². The monoisotopic (exact) mass is 312 g/mol. The third-order valence-corrected chi connectivity index (χ3v) is 3.91. The quantitative estimate of drug-likeness (QED) is 0.696. The van der Waals surface area contributed by atoms with Crippen LogP contribution in [-0.2, 0) is 12.8 Å². The maximum Gasteiger partial charge on any atom is 0.147 e. The summed E-state index contributed by atoms with van der Waals surface area (Å²) in [5, 5.41) is 6.68. The van der Waals surface area contributed by atoms with Crippen LogP contribution in [0, 0.1) is 0 Å². The molecule has 3 nitrogen and oxygen atoms in total. The van der Waals surface area contributed by atoms with Crippen LogP contribution in [-0.4, -0.2) is 25.9 Å². The largest absolute Gasteiger partial charge is 0.476 e. The van der Waals surface area contributed by atoms with Crippen molar-refractivity contribution in [3.05, 3.63) is 65.7 Å². The number of hydrogen-bond donors (Lipinski definition) is 2. The van der Waals surface area contributed by atoms with E-state index in [1.165, 1.54) is 11.1 Å². The Kier molecular flexibility index (Phi) is 7.11. The fraction of sp³-hybridized carbons (Fsp3) is 0.400. The van der Waals surface area contributed by atoms with Crippen molar-refractivity contribution in [2.45, 2.75) is 39.0 Å². The van der Waals surface area contributed by atoms with Crippen LogP contribution in [0.2, 0.25) is 0 Å². The van der Waals surface area contributed by atoms with Gasteiger partial charge in [0, 0.05) is 6.04 Å². The van der Waals surface area contributed by atoms with Gasteiger partial charge in [0.1, 0.15) is 12.0 Å². The molecule has 2 rings (SSSR count). The molecule has 0 aromatic heterocycles. The second-order valence-electron chi connectivity index (χ2n) is 5.99. The highest BCUT2D eigenvalue weighted by Gasteiger charge is 2.06. The molecule has 0 bridgehead atoms. The second kappa shape index (κ2) is 9.33. The van der Waals surface area contributed by atoms with Crippen LogP contribution >= 0.6 is 0 Å². The summed E-state index contributed by atoms with van der Waals surface area (Å²) in [6.45, 7) is 5.23. The molecule has 0 amide bonds. The van der Waals surface area contributed by atoms with Crippen molar-refractivity contribution in [2.24, 2.45) is 0 Å². The number of nitrogens with one attached hydrogen (secondary N) is 2. The van der Waals surface area contributed by atoms with Crippen molar-refractivity contribution in [3.63, 3.8) is 0 Å². The van der Waals surface area contributed by atoms with E-state index in [2.05, 4.69) is 66.1 Å². The zero-order valence-electron chi connectivity index (χ0n) is 14.4. The summed E-state index contributed by atoms with van der Waals surface area (Å²) in [6, 6.07) is 19.4. The Labute approximate surface area is 140 Å². The average molecular weight is 312 g/mol. The Bertz CT molecular complexity index is 571. The minimum atomic E-state index is 0.0201. The van der Waals surface area contributed by atoms with E-state index in [1.807, 2.05) is 20.0 Å². The van der Waals surface area contributed by atoms with E-state index in [1.54, 1.807) is 0 Å². The first-order valence-corrected chi connectivity index (χ1v) is 8.37. The smallest absolute Gasteiger partial charge is 0.147 e. The molecule has 0 aliphatic heterocycles. The molecule has 2 atom stereocenters. The summed E-state index contributed by atoms with van der Waals surface area (Å²) in [4.78, 5) is 0. The molecule has 0 spiro atoms. The van der Waals surface area contributed by atoms with Gasteiger partial charge in [0.05, 0.1) is 0 Å². The van der Waals surface area contributed by atoms with Crippen molar-refractivity contribution >= 4 is 0 Å². The minimum absolute atomic E-state index is 0.0201. The summed E-state index contributed by atoms with van der Waals surface area (Å²) in [7, 11) is 1.90. The molecular weight excluding hydrogens is 284 g/mol. The summed E-state index contributed by atoms with van der Waals surface area (Å²) in [5.74, 6) is 0.917. The highest BCUT2D eigenvalue weighted by atomic mass is 16.5. The van der Waals surface area contributed by atoms with Gasteiger partial charge in [-0.1, -0.05) is 42.5 Å². The van der Waals surface area contributed by atoms with Crippen LogP contribution in [0.25, 0.3) is 0 Å². The maximum atomic E-state index is 5.79. The Morgan fingerprint density at radius 1 is 0.957 bits per heavy atom. The predicted octanol–water partition coefficient (Wildman–Crippen LogP) is 3.39. The molecule has 3 heteroatoms. The normalized spacial score (nSPS) is 13.5. The highest BCUT2D eigenvalue weighted by Crippen LogP contribution is 2.15. The van der Waals surface area contributed by atoms with Gasteiger partial charge in [-0.15, -0.1) is 0 Å². The Hall–Kier alpha value is -1.84. The molecular formula is C20H28N2O. The zero-order chi connectivity index (χ0) is 16.5. The van der Waals surface area contributed by atoms with Gasteiger partial charge in [-0.3, -0.25) is 5.32 Å². The fourth-order valence-corrected chi connectivity index (χ4v) is 2.54. The maximum absolute atomic E-state index is 5.79. The molecule has 0 saturated heterocycles. The first-order valence-electron chi connectivity index (χ1n) is 8.37. The number of benzene rings is 2. The van der Waals surface area contributed by atoms with E-state index in [0.717, 1.165) is 25.1 Å².